The SMILES string of the molecule is CC(C)CNC(=O)[C@H](Cc1ccccc1)N(Cc1ccc(Cl)c(Cl)c1)C(=O)CCCN1c2cccc3cccc(c23)S1(=O)=O. The zero-order valence-electron chi connectivity index (χ0n) is 24.7. The minimum Gasteiger partial charge on any atom is -0.354 e. The maximum absolute atomic E-state index is 14.0. The first-order valence-electron chi connectivity index (χ1n) is 14.7. The van der Waals surface area contributed by atoms with E-state index in [0.29, 0.717) is 34.1 Å². The molecule has 1 aliphatic rings. The smallest absolute Gasteiger partial charge is 0.265 e. The van der Waals surface area contributed by atoms with E-state index in [-0.39, 0.29) is 48.6 Å². The van der Waals surface area contributed by atoms with Crippen molar-refractivity contribution in [3.63, 3.8) is 0 Å². The van der Waals surface area contributed by atoms with Crippen LogP contribution in [0.3, 0.4) is 0 Å². The summed E-state index contributed by atoms with van der Waals surface area (Å²) in [6.45, 7) is 4.75. The monoisotopic (exact) mass is 651 g/mol. The summed E-state index contributed by atoms with van der Waals surface area (Å²) in [5.41, 5.74) is 2.26. The Labute approximate surface area is 268 Å². The third kappa shape index (κ3) is 6.88. The molecule has 7 nitrogen and oxygen atoms in total. The largest absolute Gasteiger partial charge is 0.354 e. The van der Waals surface area contributed by atoms with Gasteiger partial charge in [-0.15, -0.1) is 0 Å². The Kier molecular flexibility index (Phi) is 9.83. The van der Waals surface area contributed by atoms with Gasteiger partial charge in [-0.1, -0.05) is 97.7 Å². The Morgan fingerprint density at radius 1 is 0.886 bits per heavy atom. The second-order valence-electron chi connectivity index (χ2n) is 11.4. The molecular formula is C34H35Cl2N3O4S. The van der Waals surface area contributed by atoms with E-state index in [1.54, 1.807) is 41.3 Å². The topological polar surface area (TPSA) is 86.8 Å². The lowest BCUT2D eigenvalue weighted by Crippen LogP contribution is -2.51. The fourth-order valence-electron chi connectivity index (χ4n) is 5.53. The van der Waals surface area contributed by atoms with Gasteiger partial charge in [0.15, 0.2) is 0 Å². The Morgan fingerprint density at radius 2 is 1.61 bits per heavy atom. The van der Waals surface area contributed by atoms with Crippen LogP contribution in [0.1, 0.15) is 37.8 Å². The first-order chi connectivity index (χ1) is 21.1. The number of anilines is 1. The Bertz CT molecular complexity index is 1780. The second-order valence-corrected chi connectivity index (χ2v) is 14.1. The van der Waals surface area contributed by atoms with E-state index in [4.69, 9.17) is 23.2 Å². The van der Waals surface area contributed by atoms with Crippen LogP contribution in [-0.4, -0.2) is 44.3 Å². The van der Waals surface area contributed by atoms with E-state index in [2.05, 4.69) is 5.32 Å². The molecule has 0 aliphatic carbocycles. The number of benzene rings is 4. The maximum Gasteiger partial charge on any atom is 0.265 e. The average molecular weight is 653 g/mol. The summed E-state index contributed by atoms with van der Waals surface area (Å²) in [6.07, 6.45) is 0.629. The van der Waals surface area contributed by atoms with Crippen LogP contribution in [0.4, 0.5) is 5.69 Å². The number of nitrogens with zero attached hydrogens (tertiary/aromatic N) is 2. The van der Waals surface area contributed by atoms with Crippen LogP contribution >= 0.6 is 23.2 Å². The molecular weight excluding hydrogens is 617 g/mol. The second kappa shape index (κ2) is 13.6. The summed E-state index contributed by atoms with van der Waals surface area (Å²) in [4.78, 5) is 29.6. The summed E-state index contributed by atoms with van der Waals surface area (Å²) < 4.78 is 28.3. The van der Waals surface area contributed by atoms with Crippen LogP contribution in [0.25, 0.3) is 10.8 Å². The van der Waals surface area contributed by atoms with Crippen molar-refractivity contribution in [2.75, 3.05) is 17.4 Å². The quantitative estimate of drug-likeness (QED) is 0.182. The molecule has 0 radical (unpaired) electrons. The molecule has 10 heteroatoms. The zero-order chi connectivity index (χ0) is 31.4. The van der Waals surface area contributed by atoms with E-state index < -0.39 is 16.1 Å². The molecule has 1 heterocycles. The molecule has 0 bridgehead atoms. The van der Waals surface area contributed by atoms with Crippen LogP contribution in [0.2, 0.25) is 10.0 Å². The van der Waals surface area contributed by atoms with E-state index in [1.807, 2.05) is 62.4 Å². The standard InChI is InChI=1S/C34H35Cl2N3O4S/c1-23(2)21-37-34(41)30(20-24-9-4-3-5-10-24)38(22-25-16-17-27(35)28(36)19-25)32(40)15-8-18-39-29-13-6-11-26-12-7-14-31(33(26)29)44(39,42)43/h3-7,9-14,16-17,19,23,30H,8,15,18,20-22H2,1-2H3,(H,37,41)/t30-/m0/s1. The van der Waals surface area contributed by atoms with Gasteiger partial charge >= 0.3 is 0 Å². The molecule has 0 saturated heterocycles. The maximum atomic E-state index is 14.0. The van der Waals surface area contributed by atoms with Gasteiger partial charge in [-0.3, -0.25) is 13.9 Å². The molecule has 0 unspecified atom stereocenters. The fourth-order valence-corrected chi connectivity index (χ4v) is 7.60. The molecule has 0 spiro atoms. The zero-order valence-corrected chi connectivity index (χ0v) is 27.0. The van der Waals surface area contributed by atoms with Crippen LogP contribution in [0, 0.1) is 5.92 Å². The van der Waals surface area contributed by atoms with Gasteiger partial charge < -0.3 is 10.2 Å². The summed E-state index contributed by atoms with van der Waals surface area (Å²) in [5.74, 6) is -0.282. The molecule has 44 heavy (non-hydrogen) atoms. The molecule has 4 aromatic carbocycles. The molecule has 0 aromatic heterocycles. The van der Waals surface area contributed by atoms with Crippen LogP contribution in [0.15, 0.2) is 89.8 Å². The van der Waals surface area contributed by atoms with Crippen LogP contribution < -0.4 is 9.62 Å². The van der Waals surface area contributed by atoms with E-state index in [1.165, 1.54) is 4.31 Å². The van der Waals surface area contributed by atoms with Crippen molar-refractivity contribution in [1.29, 1.82) is 0 Å². The summed E-state index contributed by atoms with van der Waals surface area (Å²) in [7, 11) is -3.74. The number of amides is 2. The highest BCUT2D eigenvalue weighted by Gasteiger charge is 2.36. The number of carbonyl (C=O) groups is 2. The molecule has 2 amide bonds. The number of carbonyl (C=O) groups excluding carboxylic acids is 2. The number of halogens is 2. The predicted molar refractivity (Wildman–Crippen MR) is 177 cm³/mol. The van der Waals surface area contributed by atoms with Crippen molar-refractivity contribution in [3.8, 4) is 0 Å². The highest BCUT2D eigenvalue weighted by Crippen LogP contribution is 2.42. The van der Waals surface area contributed by atoms with Gasteiger partial charge in [0.1, 0.15) is 6.04 Å². The Hall–Kier alpha value is -3.59. The van der Waals surface area contributed by atoms with Crippen molar-refractivity contribution in [2.45, 2.75) is 50.6 Å². The molecule has 0 fully saturated rings. The molecule has 1 aliphatic heterocycles. The van der Waals surface area contributed by atoms with Gasteiger partial charge in [-0.25, -0.2) is 8.42 Å². The number of hydrogen-bond donors (Lipinski definition) is 1. The van der Waals surface area contributed by atoms with Gasteiger partial charge in [0.2, 0.25) is 11.8 Å². The molecule has 5 rings (SSSR count). The van der Waals surface area contributed by atoms with Gasteiger partial charge in [0.05, 0.1) is 20.6 Å². The summed E-state index contributed by atoms with van der Waals surface area (Å²) in [5, 5.41) is 5.31. The highest BCUT2D eigenvalue weighted by atomic mass is 35.5. The van der Waals surface area contributed by atoms with Gasteiger partial charge in [-0.2, -0.15) is 0 Å². The molecule has 1 N–H and O–H groups in total. The highest BCUT2D eigenvalue weighted by molar-refractivity contribution is 7.93. The van der Waals surface area contributed by atoms with Crippen LogP contribution in [-0.2, 0) is 32.6 Å². The minimum atomic E-state index is -3.74. The minimum absolute atomic E-state index is 0.0441. The van der Waals surface area contributed by atoms with E-state index in [9.17, 15) is 18.0 Å². The Balaban J connectivity index is 1.40. The Morgan fingerprint density at radius 3 is 2.32 bits per heavy atom. The first kappa shape index (κ1) is 31.8. The third-order valence-electron chi connectivity index (χ3n) is 7.73. The fraction of sp³-hybridized carbons (Fsp3) is 0.294. The lowest BCUT2D eigenvalue weighted by Gasteiger charge is -2.32. The number of nitrogens with one attached hydrogen (secondary N) is 1. The van der Waals surface area contributed by atoms with Crippen molar-refractivity contribution in [3.05, 3.63) is 106 Å². The lowest BCUT2D eigenvalue weighted by molar-refractivity contribution is -0.141. The normalized spacial score (nSPS) is 14.2. The van der Waals surface area contributed by atoms with Crippen molar-refractivity contribution < 1.29 is 18.0 Å². The third-order valence-corrected chi connectivity index (χ3v) is 10.3. The summed E-state index contributed by atoms with van der Waals surface area (Å²) >= 11 is 12.5. The number of rotatable bonds is 12. The molecule has 230 valence electrons. The van der Waals surface area contributed by atoms with Gasteiger partial charge in [-0.05, 0) is 53.1 Å². The van der Waals surface area contributed by atoms with Crippen molar-refractivity contribution in [1.82, 2.24) is 10.2 Å². The predicted octanol–water partition coefficient (Wildman–Crippen LogP) is 6.85. The molecule has 0 saturated carbocycles. The van der Waals surface area contributed by atoms with Crippen molar-refractivity contribution >= 4 is 61.5 Å². The number of hydrogen-bond acceptors (Lipinski definition) is 4. The van der Waals surface area contributed by atoms with E-state index in [0.717, 1.165) is 16.5 Å². The number of sulfonamides is 1. The van der Waals surface area contributed by atoms with Gasteiger partial charge in [0, 0.05) is 37.9 Å². The molecule has 4 aromatic rings. The summed E-state index contributed by atoms with van der Waals surface area (Å²) in [6, 6.07) is 24.7. The van der Waals surface area contributed by atoms with Crippen molar-refractivity contribution in [2.24, 2.45) is 5.92 Å². The van der Waals surface area contributed by atoms with E-state index >= 15 is 0 Å². The first-order valence-corrected chi connectivity index (χ1v) is 16.9. The molecule has 1 atom stereocenters. The van der Waals surface area contributed by atoms with Gasteiger partial charge in [0.25, 0.3) is 10.0 Å². The average Bonchev–Trinajstić information content (AvgIpc) is 3.23. The van der Waals surface area contributed by atoms with Crippen LogP contribution in [0.5, 0.6) is 0 Å². The lowest BCUT2D eigenvalue weighted by atomic mass is 10.0.